The maximum Gasteiger partial charge on any atom is 0.255 e. The van der Waals surface area contributed by atoms with Crippen molar-refractivity contribution in [1.29, 1.82) is 0 Å². The third kappa shape index (κ3) is 4.07. The average Bonchev–Trinajstić information content (AvgIpc) is 2.57. The monoisotopic (exact) mass is 301 g/mol. The van der Waals surface area contributed by atoms with E-state index >= 15 is 0 Å². The molecule has 0 saturated heterocycles. The van der Waals surface area contributed by atoms with Crippen LogP contribution in [0.5, 0.6) is 5.75 Å². The number of hydrogen-bond donors (Lipinski definition) is 2. The fourth-order valence-corrected chi connectivity index (χ4v) is 2.20. The highest BCUT2D eigenvalue weighted by atomic mass is 16.5. The van der Waals surface area contributed by atoms with E-state index in [0.717, 1.165) is 11.1 Å². The molecule has 0 saturated carbocycles. The van der Waals surface area contributed by atoms with Crippen LogP contribution in [0.1, 0.15) is 17.0 Å². The van der Waals surface area contributed by atoms with Crippen LogP contribution in [0.25, 0.3) is 0 Å². The normalized spacial score (nSPS) is 11.7. The van der Waals surface area contributed by atoms with Gasteiger partial charge in [-0.1, -0.05) is 42.5 Å². The van der Waals surface area contributed by atoms with E-state index in [0.29, 0.717) is 19.0 Å². The van der Waals surface area contributed by atoms with Crippen LogP contribution in [0.2, 0.25) is 0 Å². The zero-order valence-corrected chi connectivity index (χ0v) is 12.4. The van der Waals surface area contributed by atoms with Gasteiger partial charge in [-0.15, -0.1) is 0 Å². The van der Waals surface area contributed by atoms with Crippen LogP contribution in [0.15, 0.2) is 54.6 Å². The molecular formula is C17H19NO4. The summed E-state index contributed by atoms with van der Waals surface area (Å²) in [5, 5.41) is 8.99. The molecule has 0 fully saturated rings. The van der Waals surface area contributed by atoms with Gasteiger partial charge >= 0.3 is 0 Å². The van der Waals surface area contributed by atoms with Crippen LogP contribution >= 0.6 is 0 Å². The van der Waals surface area contributed by atoms with E-state index < -0.39 is 11.8 Å². The van der Waals surface area contributed by atoms with Crippen molar-refractivity contribution in [2.24, 2.45) is 0 Å². The number of carbonyl (C=O) groups is 1. The lowest BCUT2D eigenvalue weighted by atomic mass is 9.91. The number of ether oxygens (including phenoxy) is 2. The Balaban J connectivity index is 2.20. The van der Waals surface area contributed by atoms with Crippen LogP contribution in [-0.2, 0) is 9.53 Å². The van der Waals surface area contributed by atoms with Crippen LogP contribution < -0.4 is 10.2 Å². The molecule has 2 rings (SSSR count). The van der Waals surface area contributed by atoms with Gasteiger partial charge in [0.2, 0.25) is 0 Å². The fourth-order valence-electron chi connectivity index (χ4n) is 2.20. The molecule has 0 radical (unpaired) electrons. The van der Waals surface area contributed by atoms with Crippen molar-refractivity contribution in [3.63, 3.8) is 0 Å². The molecule has 0 aliphatic carbocycles. The molecule has 0 aliphatic rings. The summed E-state index contributed by atoms with van der Waals surface area (Å²) in [5.41, 5.74) is 3.31. The van der Waals surface area contributed by atoms with Gasteiger partial charge in [-0.25, -0.2) is 5.48 Å². The molecule has 116 valence electrons. The number of hydrogen-bond acceptors (Lipinski definition) is 4. The second-order valence-electron chi connectivity index (χ2n) is 4.73. The van der Waals surface area contributed by atoms with E-state index in [9.17, 15) is 4.79 Å². The van der Waals surface area contributed by atoms with E-state index in [2.05, 4.69) is 0 Å². The summed E-state index contributed by atoms with van der Waals surface area (Å²) in [7, 11) is 1.62. The maximum absolute atomic E-state index is 12.0. The van der Waals surface area contributed by atoms with Crippen LogP contribution in [0, 0.1) is 0 Å². The number of carbonyl (C=O) groups excluding carboxylic acids is 1. The zero-order valence-electron chi connectivity index (χ0n) is 12.4. The molecule has 0 aliphatic heterocycles. The molecule has 2 aromatic carbocycles. The van der Waals surface area contributed by atoms with Crippen LogP contribution in [0.4, 0.5) is 0 Å². The number of benzene rings is 2. The molecule has 1 atom stereocenters. The van der Waals surface area contributed by atoms with Gasteiger partial charge in [0.15, 0.2) is 0 Å². The maximum atomic E-state index is 12.0. The molecule has 5 nitrogen and oxygen atoms in total. The summed E-state index contributed by atoms with van der Waals surface area (Å²) >= 11 is 0. The van der Waals surface area contributed by atoms with Gasteiger partial charge in [-0.3, -0.25) is 10.0 Å². The van der Waals surface area contributed by atoms with Gasteiger partial charge in [0.1, 0.15) is 12.4 Å². The Labute approximate surface area is 129 Å². The molecule has 1 amide bonds. The minimum Gasteiger partial charge on any atom is -0.491 e. The lowest BCUT2D eigenvalue weighted by Crippen LogP contribution is -2.27. The molecule has 5 heteroatoms. The third-order valence-electron chi connectivity index (χ3n) is 3.27. The second kappa shape index (κ2) is 8.17. The fraction of sp³-hybridized carbons (Fsp3) is 0.235. The van der Waals surface area contributed by atoms with Crippen LogP contribution in [0.3, 0.4) is 0 Å². The Hall–Kier alpha value is -2.37. The molecule has 0 aromatic heterocycles. The Bertz CT molecular complexity index is 583. The zero-order chi connectivity index (χ0) is 15.8. The van der Waals surface area contributed by atoms with Crippen molar-refractivity contribution in [3.05, 3.63) is 65.7 Å². The first-order chi connectivity index (χ1) is 10.8. The molecule has 22 heavy (non-hydrogen) atoms. The van der Waals surface area contributed by atoms with Crippen molar-refractivity contribution in [2.75, 3.05) is 20.3 Å². The Kier molecular flexibility index (Phi) is 5.94. The quantitative estimate of drug-likeness (QED) is 0.468. The second-order valence-corrected chi connectivity index (χ2v) is 4.73. The lowest BCUT2D eigenvalue weighted by Gasteiger charge is -2.16. The third-order valence-corrected chi connectivity index (χ3v) is 3.27. The number of rotatable bonds is 7. The molecule has 0 spiro atoms. The highest BCUT2D eigenvalue weighted by molar-refractivity contribution is 5.86. The average molecular weight is 301 g/mol. The van der Waals surface area contributed by atoms with Gasteiger partial charge in [-0.05, 0) is 23.3 Å². The minimum absolute atomic E-state index is 0.467. The summed E-state index contributed by atoms with van der Waals surface area (Å²) in [6.45, 7) is 0.983. The number of methoxy groups -OCH3 is 1. The number of hydroxylamine groups is 1. The molecule has 0 bridgehead atoms. The van der Waals surface area contributed by atoms with Crippen molar-refractivity contribution in [2.45, 2.75) is 5.92 Å². The highest BCUT2D eigenvalue weighted by Gasteiger charge is 2.22. The van der Waals surface area contributed by atoms with E-state index in [1.54, 1.807) is 24.7 Å². The predicted octanol–water partition coefficient (Wildman–Crippen LogP) is 2.35. The Morgan fingerprint density at radius 3 is 2.27 bits per heavy atom. The van der Waals surface area contributed by atoms with Crippen LogP contribution in [-0.4, -0.2) is 31.4 Å². The van der Waals surface area contributed by atoms with Crippen molar-refractivity contribution in [3.8, 4) is 5.75 Å². The highest BCUT2D eigenvalue weighted by Crippen LogP contribution is 2.26. The summed E-state index contributed by atoms with van der Waals surface area (Å²) in [6, 6.07) is 16.5. The summed E-state index contributed by atoms with van der Waals surface area (Å²) in [5.74, 6) is -0.338. The lowest BCUT2D eigenvalue weighted by molar-refractivity contribution is -0.129. The molecule has 2 N–H and O–H groups in total. The Morgan fingerprint density at radius 2 is 1.68 bits per heavy atom. The van der Waals surface area contributed by atoms with E-state index in [-0.39, 0.29) is 0 Å². The predicted molar refractivity (Wildman–Crippen MR) is 82.0 cm³/mol. The molecular weight excluding hydrogens is 282 g/mol. The Morgan fingerprint density at radius 1 is 1.05 bits per heavy atom. The minimum atomic E-state index is -0.570. The van der Waals surface area contributed by atoms with E-state index in [1.165, 1.54) is 0 Å². The smallest absolute Gasteiger partial charge is 0.255 e. The first-order valence-corrected chi connectivity index (χ1v) is 6.97. The summed E-state index contributed by atoms with van der Waals surface area (Å²) < 4.78 is 10.4. The summed E-state index contributed by atoms with van der Waals surface area (Å²) in [4.78, 5) is 12.0. The standard InChI is InChI=1S/C17H19NO4/c1-21-11-12-22-15-9-7-14(8-10-15)16(17(19)18-20)13-5-3-2-4-6-13/h2-10,16,20H,11-12H2,1H3,(H,18,19). The largest absolute Gasteiger partial charge is 0.491 e. The number of amides is 1. The van der Waals surface area contributed by atoms with Crippen molar-refractivity contribution < 1.29 is 19.5 Å². The first-order valence-electron chi connectivity index (χ1n) is 6.97. The van der Waals surface area contributed by atoms with Crippen molar-refractivity contribution >= 4 is 5.91 Å². The first kappa shape index (κ1) is 16.0. The van der Waals surface area contributed by atoms with Gasteiger partial charge in [-0.2, -0.15) is 0 Å². The van der Waals surface area contributed by atoms with Gasteiger partial charge in [0, 0.05) is 7.11 Å². The summed E-state index contributed by atoms with van der Waals surface area (Å²) in [6.07, 6.45) is 0. The van der Waals surface area contributed by atoms with Crippen molar-refractivity contribution in [1.82, 2.24) is 5.48 Å². The number of nitrogens with one attached hydrogen (secondary N) is 1. The molecule has 2 aromatic rings. The molecule has 1 unspecified atom stereocenters. The topological polar surface area (TPSA) is 67.8 Å². The molecule has 0 heterocycles. The van der Waals surface area contributed by atoms with Gasteiger partial charge in [0.05, 0.1) is 12.5 Å². The van der Waals surface area contributed by atoms with E-state index in [1.807, 2.05) is 42.5 Å². The van der Waals surface area contributed by atoms with Gasteiger partial charge < -0.3 is 9.47 Å². The van der Waals surface area contributed by atoms with Gasteiger partial charge in [0.25, 0.3) is 5.91 Å². The van der Waals surface area contributed by atoms with E-state index in [4.69, 9.17) is 14.7 Å². The SMILES string of the molecule is COCCOc1ccc(C(C(=O)NO)c2ccccc2)cc1.